The van der Waals surface area contributed by atoms with Crippen molar-refractivity contribution in [1.29, 1.82) is 0 Å². The summed E-state index contributed by atoms with van der Waals surface area (Å²) in [4.78, 5) is 12.9. The molecule has 0 saturated heterocycles. The number of methoxy groups -OCH3 is 1. The van der Waals surface area contributed by atoms with Crippen LogP contribution >= 0.6 is 0 Å². The summed E-state index contributed by atoms with van der Waals surface area (Å²) < 4.78 is 11.1. The summed E-state index contributed by atoms with van der Waals surface area (Å²) >= 11 is 0. The minimum absolute atomic E-state index is 0.0446. The normalized spacial score (nSPS) is 10.5. The third kappa shape index (κ3) is 4.92. The van der Waals surface area contributed by atoms with Crippen molar-refractivity contribution in [1.82, 2.24) is 5.32 Å². The first-order chi connectivity index (χ1) is 13.7. The Kier molecular flexibility index (Phi) is 6.68. The molecule has 1 N–H and O–H groups in total. The number of hydrogen-bond donors (Lipinski definition) is 1. The largest absolute Gasteiger partial charge is 0.493 e. The molecule has 0 aliphatic heterocycles. The van der Waals surface area contributed by atoms with Crippen LogP contribution in [0, 0.1) is 6.92 Å². The van der Waals surface area contributed by atoms with Gasteiger partial charge in [-0.25, -0.2) is 0 Å². The van der Waals surface area contributed by atoms with Crippen molar-refractivity contribution in [3.8, 4) is 11.5 Å². The zero-order valence-corrected chi connectivity index (χ0v) is 16.2. The Morgan fingerprint density at radius 3 is 2.07 bits per heavy atom. The van der Waals surface area contributed by atoms with E-state index in [0.717, 1.165) is 16.7 Å². The van der Waals surface area contributed by atoms with Gasteiger partial charge in [-0.2, -0.15) is 0 Å². The number of aryl methyl sites for hydroxylation is 1. The van der Waals surface area contributed by atoms with E-state index in [4.69, 9.17) is 9.47 Å². The maximum atomic E-state index is 12.9. The number of hydrogen-bond acceptors (Lipinski definition) is 3. The van der Waals surface area contributed by atoms with Crippen LogP contribution in [0.2, 0.25) is 0 Å². The number of benzene rings is 3. The Labute approximate surface area is 166 Å². The van der Waals surface area contributed by atoms with Gasteiger partial charge in [0.15, 0.2) is 11.5 Å². The lowest BCUT2D eigenvalue weighted by Crippen LogP contribution is -2.33. The Hall–Kier alpha value is -3.27. The van der Waals surface area contributed by atoms with Crippen LogP contribution in [0.25, 0.3) is 0 Å². The minimum Gasteiger partial charge on any atom is -0.493 e. The molecule has 4 nitrogen and oxygen atoms in total. The van der Waals surface area contributed by atoms with E-state index >= 15 is 0 Å². The van der Waals surface area contributed by atoms with E-state index in [2.05, 4.69) is 5.32 Å². The van der Waals surface area contributed by atoms with Gasteiger partial charge in [0.05, 0.1) is 19.6 Å². The van der Waals surface area contributed by atoms with Crippen LogP contribution in [0.5, 0.6) is 11.5 Å². The van der Waals surface area contributed by atoms with Gasteiger partial charge in [-0.1, -0.05) is 66.7 Å². The zero-order chi connectivity index (χ0) is 19.8. The van der Waals surface area contributed by atoms with Crippen molar-refractivity contribution >= 4 is 5.91 Å². The van der Waals surface area contributed by atoms with Crippen molar-refractivity contribution in [2.45, 2.75) is 12.8 Å². The molecule has 0 fully saturated rings. The van der Waals surface area contributed by atoms with Gasteiger partial charge in [-0.3, -0.25) is 4.79 Å². The van der Waals surface area contributed by atoms with Gasteiger partial charge >= 0.3 is 0 Å². The summed E-state index contributed by atoms with van der Waals surface area (Å²) in [5, 5.41) is 2.99. The third-order valence-corrected chi connectivity index (χ3v) is 4.51. The van der Waals surface area contributed by atoms with E-state index in [1.54, 1.807) is 7.11 Å². The molecule has 0 aliphatic carbocycles. The first-order valence-electron chi connectivity index (χ1n) is 9.34. The van der Waals surface area contributed by atoms with Gasteiger partial charge < -0.3 is 14.8 Å². The van der Waals surface area contributed by atoms with Crippen LogP contribution in [-0.4, -0.2) is 26.2 Å². The van der Waals surface area contributed by atoms with E-state index in [9.17, 15) is 4.79 Å². The van der Waals surface area contributed by atoms with E-state index in [1.807, 2.05) is 85.8 Å². The first kappa shape index (κ1) is 19.5. The highest BCUT2D eigenvalue weighted by Crippen LogP contribution is 2.28. The second kappa shape index (κ2) is 9.60. The average Bonchev–Trinajstić information content (AvgIpc) is 2.73. The number of nitrogens with one attached hydrogen (secondary N) is 1. The molecule has 4 heteroatoms. The van der Waals surface area contributed by atoms with E-state index in [-0.39, 0.29) is 11.8 Å². The molecule has 3 aromatic rings. The minimum atomic E-state index is -0.351. The molecule has 0 bridgehead atoms. The van der Waals surface area contributed by atoms with Crippen molar-refractivity contribution in [2.24, 2.45) is 0 Å². The predicted molar refractivity (Wildman–Crippen MR) is 111 cm³/mol. The lowest BCUT2D eigenvalue weighted by Gasteiger charge is -2.18. The predicted octanol–water partition coefficient (Wildman–Crippen LogP) is 4.33. The average molecular weight is 375 g/mol. The monoisotopic (exact) mass is 375 g/mol. The van der Waals surface area contributed by atoms with Crippen LogP contribution in [0.3, 0.4) is 0 Å². The molecule has 0 spiro atoms. The van der Waals surface area contributed by atoms with Gasteiger partial charge in [0.25, 0.3) is 0 Å². The summed E-state index contributed by atoms with van der Waals surface area (Å²) in [6.45, 7) is 2.77. The van der Waals surface area contributed by atoms with Gasteiger partial charge in [-0.15, -0.1) is 0 Å². The SMILES string of the molecule is COc1cc(C)ccc1OCCNC(=O)C(c1ccccc1)c1ccccc1. The fourth-order valence-electron chi connectivity index (χ4n) is 3.12. The molecule has 0 aliphatic rings. The highest BCUT2D eigenvalue weighted by atomic mass is 16.5. The van der Waals surface area contributed by atoms with Crippen LogP contribution in [-0.2, 0) is 4.79 Å². The van der Waals surface area contributed by atoms with Gasteiger partial charge in [0.1, 0.15) is 6.61 Å². The smallest absolute Gasteiger partial charge is 0.232 e. The molecule has 28 heavy (non-hydrogen) atoms. The van der Waals surface area contributed by atoms with E-state index in [0.29, 0.717) is 24.7 Å². The first-order valence-corrected chi connectivity index (χ1v) is 9.34. The molecule has 0 aromatic heterocycles. The van der Waals surface area contributed by atoms with Crippen molar-refractivity contribution in [2.75, 3.05) is 20.3 Å². The molecule has 144 valence electrons. The summed E-state index contributed by atoms with van der Waals surface area (Å²) in [5.74, 6) is 0.968. The van der Waals surface area contributed by atoms with Crippen LogP contribution in [0.4, 0.5) is 0 Å². The van der Waals surface area contributed by atoms with Gasteiger partial charge in [0.2, 0.25) is 5.91 Å². The Balaban J connectivity index is 1.63. The van der Waals surface area contributed by atoms with Crippen LogP contribution < -0.4 is 14.8 Å². The topological polar surface area (TPSA) is 47.6 Å². The number of carbonyl (C=O) groups excluding carboxylic acids is 1. The summed E-state index contributed by atoms with van der Waals surface area (Å²) in [6.07, 6.45) is 0. The zero-order valence-electron chi connectivity index (χ0n) is 16.2. The molecule has 1 amide bonds. The Bertz CT molecular complexity index is 855. The number of ether oxygens (including phenoxy) is 2. The molecule has 3 rings (SSSR count). The van der Waals surface area contributed by atoms with Crippen molar-refractivity contribution in [3.05, 3.63) is 95.6 Å². The quantitative estimate of drug-likeness (QED) is 0.596. The second-order valence-electron chi connectivity index (χ2n) is 6.55. The highest BCUT2D eigenvalue weighted by molar-refractivity contribution is 5.87. The molecule has 0 radical (unpaired) electrons. The Morgan fingerprint density at radius 2 is 1.50 bits per heavy atom. The fraction of sp³-hybridized carbons (Fsp3) is 0.208. The number of carbonyl (C=O) groups is 1. The Morgan fingerprint density at radius 1 is 0.893 bits per heavy atom. The maximum Gasteiger partial charge on any atom is 0.232 e. The molecule has 0 heterocycles. The lowest BCUT2D eigenvalue weighted by atomic mass is 9.90. The summed E-state index contributed by atoms with van der Waals surface area (Å²) in [7, 11) is 1.62. The van der Waals surface area contributed by atoms with Crippen LogP contribution in [0.15, 0.2) is 78.9 Å². The second-order valence-corrected chi connectivity index (χ2v) is 6.55. The summed E-state index contributed by atoms with van der Waals surface area (Å²) in [6, 6.07) is 25.4. The lowest BCUT2D eigenvalue weighted by molar-refractivity contribution is -0.121. The van der Waals surface area contributed by atoms with Crippen LogP contribution in [0.1, 0.15) is 22.6 Å². The standard InChI is InChI=1S/C24H25NO3/c1-18-13-14-21(22(17-18)27-2)28-16-15-25-24(26)23(19-9-5-3-6-10-19)20-11-7-4-8-12-20/h3-14,17,23H,15-16H2,1-2H3,(H,25,26). The molecule has 0 saturated carbocycles. The van der Waals surface area contributed by atoms with Gasteiger partial charge in [-0.05, 0) is 35.7 Å². The van der Waals surface area contributed by atoms with E-state index in [1.165, 1.54) is 0 Å². The molecule has 3 aromatic carbocycles. The fourth-order valence-corrected chi connectivity index (χ4v) is 3.12. The molecule has 0 unspecified atom stereocenters. The number of amides is 1. The number of rotatable bonds is 8. The van der Waals surface area contributed by atoms with Crippen molar-refractivity contribution < 1.29 is 14.3 Å². The summed E-state index contributed by atoms with van der Waals surface area (Å²) in [5.41, 5.74) is 3.03. The molecular weight excluding hydrogens is 350 g/mol. The van der Waals surface area contributed by atoms with Crippen molar-refractivity contribution in [3.63, 3.8) is 0 Å². The van der Waals surface area contributed by atoms with Gasteiger partial charge in [0, 0.05) is 0 Å². The molecular formula is C24H25NO3. The third-order valence-electron chi connectivity index (χ3n) is 4.51. The maximum absolute atomic E-state index is 12.9. The van der Waals surface area contributed by atoms with E-state index < -0.39 is 0 Å². The highest BCUT2D eigenvalue weighted by Gasteiger charge is 2.22. The molecule has 0 atom stereocenters.